The van der Waals surface area contributed by atoms with Crippen LogP contribution < -0.4 is 14.8 Å². The van der Waals surface area contributed by atoms with E-state index in [0.29, 0.717) is 23.7 Å². The molecule has 1 unspecified atom stereocenters. The quantitative estimate of drug-likeness (QED) is 0.544. The number of hydrogen-bond acceptors (Lipinski definition) is 5. The topological polar surface area (TPSA) is 60.5 Å². The Labute approximate surface area is 178 Å². The molecule has 0 fully saturated rings. The van der Waals surface area contributed by atoms with Crippen molar-refractivity contribution in [2.75, 3.05) is 11.9 Å². The summed E-state index contributed by atoms with van der Waals surface area (Å²) in [5.41, 5.74) is 3.14. The van der Waals surface area contributed by atoms with E-state index in [0.717, 1.165) is 28.3 Å². The first-order valence-electron chi connectivity index (χ1n) is 9.68. The molecule has 4 rings (SSSR count). The average Bonchev–Trinajstić information content (AvgIpc) is 3.33. The van der Waals surface area contributed by atoms with Crippen LogP contribution in [0, 0.1) is 5.82 Å². The molecule has 3 aromatic rings. The summed E-state index contributed by atoms with van der Waals surface area (Å²) in [4.78, 5) is 16.9. The zero-order valence-corrected chi connectivity index (χ0v) is 17.5. The second-order valence-corrected chi connectivity index (χ2v) is 7.79. The number of hydrogen-bond donors (Lipinski definition) is 1. The molecule has 0 radical (unpaired) electrons. The molecule has 1 atom stereocenters. The molecule has 0 saturated heterocycles. The van der Waals surface area contributed by atoms with Crippen LogP contribution in [-0.2, 0) is 11.2 Å². The lowest BCUT2D eigenvalue weighted by atomic mass is 10.1. The van der Waals surface area contributed by atoms with E-state index in [1.165, 1.54) is 29.5 Å². The predicted molar refractivity (Wildman–Crippen MR) is 117 cm³/mol. The molecule has 5 nitrogen and oxygen atoms in total. The molecule has 30 heavy (non-hydrogen) atoms. The van der Waals surface area contributed by atoms with E-state index >= 15 is 0 Å². The van der Waals surface area contributed by atoms with Crippen molar-refractivity contribution in [2.24, 2.45) is 0 Å². The van der Waals surface area contributed by atoms with Crippen molar-refractivity contribution in [1.29, 1.82) is 0 Å². The number of carbonyl (C=O) groups excluding carboxylic acids is 1. The number of aromatic nitrogens is 1. The Morgan fingerprint density at radius 2 is 2.17 bits per heavy atom. The second kappa shape index (κ2) is 8.67. The van der Waals surface area contributed by atoms with Crippen LogP contribution in [0.4, 0.5) is 10.1 Å². The zero-order valence-electron chi connectivity index (χ0n) is 16.6. The van der Waals surface area contributed by atoms with Crippen LogP contribution in [-0.4, -0.2) is 23.6 Å². The van der Waals surface area contributed by atoms with Crippen LogP contribution in [0.3, 0.4) is 0 Å². The van der Waals surface area contributed by atoms with Gasteiger partial charge < -0.3 is 14.8 Å². The van der Waals surface area contributed by atoms with Gasteiger partial charge in [0.05, 0.1) is 18.0 Å². The SMILES string of the molecule is CCOc1cc2c(cc1NC(=O)/C=C\c1csc(-c3ccc(F)cc3)n1)OC(C)C2. The molecule has 1 aliphatic rings. The third-order valence-electron chi connectivity index (χ3n) is 4.57. The summed E-state index contributed by atoms with van der Waals surface area (Å²) in [7, 11) is 0. The number of ether oxygens (including phenoxy) is 2. The van der Waals surface area contributed by atoms with Gasteiger partial charge in [-0.05, 0) is 50.3 Å². The molecule has 1 N–H and O–H groups in total. The lowest BCUT2D eigenvalue weighted by Crippen LogP contribution is -2.10. The number of nitrogens with zero attached hydrogens (tertiary/aromatic N) is 1. The molecular formula is C23H21FN2O3S. The Morgan fingerprint density at radius 1 is 1.37 bits per heavy atom. The van der Waals surface area contributed by atoms with E-state index in [1.807, 2.05) is 31.4 Å². The maximum absolute atomic E-state index is 13.1. The van der Waals surface area contributed by atoms with Gasteiger partial charge in [0, 0.05) is 35.1 Å². The first-order valence-corrected chi connectivity index (χ1v) is 10.6. The lowest BCUT2D eigenvalue weighted by molar-refractivity contribution is -0.111. The smallest absolute Gasteiger partial charge is 0.248 e. The number of benzene rings is 2. The van der Waals surface area contributed by atoms with E-state index in [4.69, 9.17) is 9.47 Å². The van der Waals surface area contributed by atoms with Crippen LogP contribution in [0.25, 0.3) is 16.6 Å². The Bertz CT molecular complexity index is 1090. The molecule has 7 heteroatoms. The fourth-order valence-electron chi connectivity index (χ4n) is 3.24. The number of thiazole rings is 1. The number of carbonyl (C=O) groups is 1. The summed E-state index contributed by atoms with van der Waals surface area (Å²) in [5, 5.41) is 5.47. The minimum atomic E-state index is -0.293. The van der Waals surface area contributed by atoms with E-state index in [9.17, 15) is 9.18 Å². The van der Waals surface area contributed by atoms with E-state index in [2.05, 4.69) is 10.3 Å². The van der Waals surface area contributed by atoms with Crippen molar-refractivity contribution < 1.29 is 18.7 Å². The molecule has 0 aliphatic carbocycles. The summed E-state index contributed by atoms with van der Waals surface area (Å²) in [6.45, 7) is 4.41. The second-order valence-electron chi connectivity index (χ2n) is 6.93. The van der Waals surface area contributed by atoms with Gasteiger partial charge in [-0.1, -0.05) is 0 Å². The number of amides is 1. The van der Waals surface area contributed by atoms with Gasteiger partial charge in [0.15, 0.2) is 0 Å². The molecule has 1 amide bonds. The molecular weight excluding hydrogens is 403 g/mol. The van der Waals surface area contributed by atoms with Crippen LogP contribution >= 0.6 is 11.3 Å². The van der Waals surface area contributed by atoms with Gasteiger partial charge in [0.2, 0.25) is 5.91 Å². The largest absolute Gasteiger partial charge is 0.492 e. The van der Waals surface area contributed by atoms with Crippen molar-refractivity contribution in [1.82, 2.24) is 4.98 Å². The van der Waals surface area contributed by atoms with Gasteiger partial charge in [0.25, 0.3) is 0 Å². The van der Waals surface area contributed by atoms with Crippen molar-refractivity contribution in [2.45, 2.75) is 26.4 Å². The lowest BCUT2D eigenvalue weighted by Gasteiger charge is -2.12. The predicted octanol–water partition coefficient (Wildman–Crippen LogP) is 5.32. The fraction of sp³-hybridized carbons (Fsp3) is 0.217. The van der Waals surface area contributed by atoms with Crippen molar-refractivity contribution in [3.63, 3.8) is 0 Å². The Balaban J connectivity index is 1.47. The Morgan fingerprint density at radius 3 is 2.93 bits per heavy atom. The summed E-state index contributed by atoms with van der Waals surface area (Å²) in [6.07, 6.45) is 4.01. The van der Waals surface area contributed by atoms with Crippen molar-refractivity contribution in [3.05, 3.63) is 64.9 Å². The van der Waals surface area contributed by atoms with Crippen LogP contribution in [0.15, 0.2) is 47.9 Å². The van der Waals surface area contributed by atoms with Gasteiger partial charge in [-0.25, -0.2) is 9.37 Å². The van der Waals surface area contributed by atoms with E-state index in [1.54, 1.807) is 18.2 Å². The standard InChI is InChI=1S/C23H21FN2O3S/c1-3-28-21-11-16-10-14(2)29-20(16)12-19(21)26-22(27)9-8-18-13-30-23(25-18)15-4-6-17(24)7-5-15/h4-9,11-14H,3,10H2,1-2H3,(H,26,27)/b9-8-. The molecule has 1 aromatic heterocycles. The number of rotatable bonds is 6. The van der Waals surface area contributed by atoms with Gasteiger partial charge in [-0.15, -0.1) is 11.3 Å². The summed E-state index contributed by atoms with van der Waals surface area (Å²) < 4.78 is 24.6. The van der Waals surface area contributed by atoms with Gasteiger partial charge in [-0.2, -0.15) is 0 Å². The van der Waals surface area contributed by atoms with E-state index < -0.39 is 0 Å². The molecule has 0 bridgehead atoms. The van der Waals surface area contributed by atoms with Crippen molar-refractivity contribution in [3.8, 4) is 22.1 Å². The van der Waals surface area contributed by atoms with Gasteiger partial charge in [0.1, 0.15) is 28.4 Å². The van der Waals surface area contributed by atoms with E-state index in [-0.39, 0.29) is 17.8 Å². The first kappa shape index (κ1) is 20.1. The molecule has 0 spiro atoms. The summed E-state index contributed by atoms with van der Waals surface area (Å²) in [5.74, 6) is 0.819. The molecule has 2 heterocycles. The minimum Gasteiger partial charge on any atom is -0.492 e. The fourth-order valence-corrected chi connectivity index (χ4v) is 4.03. The van der Waals surface area contributed by atoms with Crippen LogP contribution in [0.2, 0.25) is 0 Å². The highest BCUT2D eigenvalue weighted by molar-refractivity contribution is 7.13. The average molecular weight is 424 g/mol. The highest BCUT2D eigenvalue weighted by Crippen LogP contribution is 2.38. The molecule has 2 aromatic carbocycles. The first-order chi connectivity index (χ1) is 14.5. The highest BCUT2D eigenvalue weighted by Gasteiger charge is 2.22. The minimum absolute atomic E-state index is 0.111. The highest BCUT2D eigenvalue weighted by atomic mass is 32.1. The van der Waals surface area contributed by atoms with Gasteiger partial charge in [-0.3, -0.25) is 4.79 Å². The maximum Gasteiger partial charge on any atom is 0.248 e. The van der Waals surface area contributed by atoms with Gasteiger partial charge >= 0.3 is 0 Å². The Hall–Kier alpha value is -3.19. The zero-order chi connectivity index (χ0) is 21.1. The Kier molecular flexibility index (Phi) is 5.81. The van der Waals surface area contributed by atoms with Crippen LogP contribution in [0.1, 0.15) is 25.1 Å². The molecule has 154 valence electrons. The maximum atomic E-state index is 13.1. The summed E-state index contributed by atoms with van der Waals surface area (Å²) >= 11 is 1.43. The molecule has 0 saturated carbocycles. The normalized spacial score (nSPS) is 15.1. The van der Waals surface area contributed by atoms with Crippen LogP contribution in [0.5, 0.6) is 11.5 Å². The number of anilines is 1. The summed E-state index contributed by atoms with van der Waals surface area (Å²) in [6, 6.07) is 9.90. The number of nitrogens with one attached hydrogen (secondary N) is 1. The third kappa shape index (κ3) is 4.52. The number of fused-ring (bicyclic) bond motifs is 1. The van der Waals surface area contributed by atoms with Crippen molar-refractivity contribution >= 4 is 29.0 Å². The third-order valence-corrected chi connectivity index (χ3v) is 5.48. The monoisotopic (exact) mass is 424 g/mol. The molecule has 1 aliphatic heterocycles. The number of halogens is 1.